The Balaban J connectivity index is 1.82. The number of urea groups is 1. The molecule has 3 aromatic rings. The van der Waals surface area contributed by atoms with E-state index in [0.717, 1.165) is 5.75 Å². The van der Waals surface area contributed by atoms with E-state index in [1.807, 2.05) is 13.8 Å². The molecule has 1 heterocycles. The Labute approximate surface area is 173 Å². The third-order valence-electron chi connectivity index (χ3n) is 4.76. The van der Waals surface area contributed by atoms with E-state index < -0.39 is 6.04 Å². The highest BCUT2D eigenvalue weighted by Gasteiger charge is 2.22. The predicted octanol–water partition coefficient (Wildman–Crippen LogP) is 4.21. The minimum absolute atomic E-state index is 0.209. The molecule has 8 heteroatoms. The molecule has 2 aromatic carbocycles. The molecule has 0 aliphatic heterocycles. The number of aromatic nitrogens is 2. The van der Waals surface area contributed by atoms with Gasteiger partial charge >= 0.3 is 6.03 Å². The van der Waals surface area contributed by atoms with Gasteiger partial charge in [0.2, 0.25) is 0 Å². The van der Waals surface area contributed by atoms with Crippen LogP contribution in [-0.2, 0) is 7.05 Å². The first-order chi connectivity index (χ1) is 13.8. The number of benzene rings is 2. The Kier molecular flexibility index (Phi) is 6.08. The first kappa shape index (κ1) is 20.7. The summed E-state index contributed by atoms with van der Waals surface area (Å²) in [5, 5.41) is 3.76. The van der Waals surface area contributed by atoms with Crippen LogP contribution in [-0.4, -0.2) is 34.1 Å². The highest BCUT2D eigenvalue weighted by molar-refractivity contribution is 6.31. The second-order valence-electron chi connectivity index (χ2n) is 6.67. The van der Waals surface area contributed by atoms with E-state index in [-0.39, 0.29) is 11.6 Å². The summed E-state index contributed by atoms with van der Waals surface area (Å²) in [4.78, 5) is 31.5. The highest BCUT2D eigenvalue weighted by atomic mass is 35.5. The van der Waals surface area contributed by atoms with Crippen molar-refractivity contribution < 1.29 is 9.53 Å². The van der Waals surface area contributed by atoms with Crippen LogP contribution < -0.4 is 15.6 Å². The van der Waals surface area contributed by atoms with E-state index in [0.29, 0.717) is 34.0 Å². The number of rotatable bonds is 5. The molecule has 0 radical (unpaired) electrons. The van der Waals surface area contributed by atoms with Gasteiger partial charge in [0.1, 0.15) is 11.6 Å². The minimum atomic E-state index is -0.435. The van der Waals surface area contributed by atoms with Gasteiger partial charge in [0.25, 0.3) is 5.56 Å². The molecule has 1 unspecified atom stereocenters. The zero-order valence-electron chi connectivity index (χ0n) is 16.8. The maximum Gasteiger partial charge on any atom is 0.322 e. The Bertz CT molecular complexity index is 1100. The number of hydrogen-bond acceptors (Lipinski definition) is 4. The van der Waals surface area contributed by atoms with E-state index >= 15 is 0 Å². The molecule has 3 rings (SSSR count). The van der Waals surface area contributed by atoms with Crippen LogP contribution in [0.2, 0.25) is 5.02 Å². The number of amides is 2. The van der Waals surface area contributed by atoms with Gasteiger partial charge < -0.3 is 15.0 Å². The molecule has 0 spiro atoms. The summed E-state index contributed by atoms with van der Waals surface area (Å²) in [6.07, 6.45) is 0. The largest absolute Gasteiger partial charge is 0.494 e. The van der Waals surface area contributed by atoms with Crippen molar-refractivity contribution >= 4 is 34.2 Å². The fourth-order valence-electron chi connectivity index (χ4n) is 3.00. The summed E-state index contributed by atoms with van der Waals surface area (Å²) in [6, 6.07) is 11.4. The molecule has 7 nitrogen and oxygen atoms in total. The SMILES string of the molecule is CCOc1ccc(NC(=O)N(C)C(C)c2nc3ccc(Cl)cc3c(=O)n2C)cc1. The molecule has 0 aliphatic rings. The smallest absolute Gasteiger partial charge is 0.322 e. The van der Waals surface area contributed by atoms with Gasteiger partial charge in [-0.2, -0.15) is 0 Å². The molecule has 1 aromatic heterocycles. The quantitative estimate of drug-likeness (QED) is 0.678. The number of fused-ring (bicyclic) bond motifs is 1. The van der Waals surface area contributed by atoms with Crippen molar-refractivity contribution in [2.24, 2.45) is 7.05 Å². The lowest BCUT2D eigenvalue weighted by molar-refractivity contribution is 0.205. The van der Waals surface area contributed by atoms with Crippen LogP contribution in [0.4, 0.5) is 10.5 Å². The van der Waals surface area contributed by atoms with Gasteiger partial charge in [0, 0.05) is 24.8 Å². The monoisotopic (exact) mass is 414 g/mol. The first-order valence-electron chi connectivity index (χ1n) is 9.24. The second kappa shape index (κ2) is 8.53. The average Bonchev–Trinajstić information content (AvgIpc) is 2.71. The Morgan fingerprint density at radius 2 is 1.97 bits per heavy atom. The molecule has 2 amide bonds. The number of carbonyl (C=O) groups is 1. The molecule has 0 saturated heterocycles. The number of carbonyl (C=O) groups excluding carboxylic acids is 1. The van der Waals surface area contributed by atoms with E-state index in [1.165, 1.54) is 9.47 Å². The number of hydrogen-bond donors (Lipinski definition) is 1. The van der Waals surface area contributed by atoms with Gasteiger partial charge in [0.15, 0.2) is 0 Å². The fourth-order valence-corrected chi connectivity index (χ4v) is 3.17. The van der Waals surface area contributed by atoms with Gasteiger partial charge in [-0.15, -0.1) is 0 Å². The van der Waals surface area contributed by atoms with Crippen LogP contribution in [0.25, 0.3) is 10.9 Å². The Hall–Kier alpha value is -3.06. The van der Waals surface area contributed by atoms with Crippen LogP contribution in [0, 0.1) is 0 Å². The van der Waals surface area contributed by atoms with Crippen LogP contribution in [0.5, 0.6) is 5.75 Å². The minimum Gasteiger partial charge on any atom is -0.494 e. The van der Waals surface area contributed by atoms with Gasteiger partial charge in [-0.25, -0.2) is 9.78 Å². The van der Waals surface area contributed by atoms with E-state index in [4.69, 9.17) is 16.3 Å². The second-order valence-corrected chi connectivity index (χ2v) is 7.11. The maximum absolute atomic E-state index is 12.7. The predicted molar refractivity (Wildman–Crippen MR) is 115 cm³/mol. The number of ether oxygens (including phenoxy) is 1. The van der Waals surface area contributed by atoms with Crippen LogP contribution in [0.1, 0.15) is 25.7 Å². The highest BCUT2D eigenvalue weighted by Crippen LogP contribution is 2.21. The summed E-state index contributed by atoms with van der Waals surface area (Å²) in [5.74, 6) is 1.22. The Morgan fingerprint density at radius 1 is 1.28 bits per heavy atom. The third-order valence-corrected chi connectivity index (χ3v) is 5.00. The zero-order chi connectivity index (χ0) is 21.1. The van der Waals surface area contributed by atoms with Crippen LogP contribution in [0.3, 0.4) is 0 Å². The lowest BCUT2D eigenvalue weighted by Crippen LogP contribution is -2.37. The summed E-state index contributed by atoms with van der Waals surface area (Å²) in [5.41, 5.74) is 0.979. The fraction of sp³-hybridized carbons (Fsp3) is 0.286. The molecular weight excluding hydrogens is 392 g/mol. The van der Waals surface area contributed by atoms with E-state index in [2.05, 4.69) is 10.3 Å². The summed E-state index contributed by atoms with van der Waals surface area (Å²) in [7, 11) is 3.30. The van der Waals surface area contributed by atoms with Crippen molar-refractivity contribution in [3.05, 3.63) is 63.7 Å². The average molecular weight is 415 g/mol. The van der Waals surface area contributed by atoms with Crippen molar-refractivity contribution in [3.63, 3.8) is 0 Å². The van der Waals surface area contributed by atoms with Crippen molar-refractivity contribution in [1.29, 1.82) is 0 Å². The number of anilines is 1. The topological polar surface area (TPSA) is 76.5 Å². The summed E-state index contributed by atoms with van der Waals surface area (Å²) in [6.45, 7) is 4.31. The molecule has 152 valence electrons. The van der Waals surface area contributed by atoms with Crippen molar-refractivity contribution in [1.82, 2.24) is 14.5 Å². The molecule has 0 bridgehead atoms. The van der Waals surface area contributed by atoms with Crippen LogP contribution in [0.15, 0.2) is 47.3 Å². The number of nitrogens with zero attached hydrogens (tertiary/aromatic N) is 3. The molecule has 0 fully saturated rings. The zero-order valence-corrected chi connectivity index (χ0v) is 17.5. The summed E-state index contributed by atoms with van der Waals surface area (Å²) < 4.78 is 6.85. The molecule has 29 heavy (non-hydrogen) atoms. The summed E-state index contributed by atoms with van der Waals surface area (Å²) >= 11 is 6.00. The van der Waals surface area contributed by atoms with E-state index in [1.54, 1.807) is 56.6 Å². The third kappa shape index (κ3) is 4.35. The molecule has 0 aliphatic carbocycles. The molecule has 0 saturated carbocycles. The van der Waals surface area contributed by atoms with Crippen LogP contribution >= 0.6 is 11.6 Å². The van der Waals surface area contributed by atoms with Gasteiger partial charge in [-0.3, -0.25) is 9.36 Å². The van der Waals surface area contributed by atoms with Gasteiger partial charge in [0.05, 0.1) is 23.6 Å². The van der Waals surface area contributed by atoms with Crippen molar-refractivity contribution in [2.75, 3.05) is 19.0 Å². The lowest BCUT2D eigenvalue weighted by Gasteiger charge is -2.26. The van der Waals surface area contributed by atoms with Gasteiger partial charge in [-0.1, -0.05) is 11.6 Å². The maximum atomic E-state index is 12.7. The Morgan fingerprint density at radius 3 is 2.62 bits per heavy atom. The number of nitrogens with one attached hydrogen (secondary N) is 1. The molecular formula is C21H23ClN4O3. The lowest BCUT2D eigenvalue weighted by atomic mass is 10.2. The molecule has 1 N–H and O–H groups in total. The normalized spacial score (nSPS) is 11.9. The number of halogens is 1. The van der Waals surface area contributed by atoms with E-state index in [9.17, 15) is 9.59 Å². The van der Waals surface area contributed by atoms with Crippen molar-refractivity contribution in [3.8, 4) is 5.75 Å². The van der Waals surface area contributed by atoms with Crippen molar-refractivity contribution in [2.45, 2.75) is 19.9 Å². The molecule has 1 atom stereocenters. The standard InChI is InChI=1S/C21H23ClN4O3/c1-5-29-16-9-7-15(8-10-16)23-21(28)25(3)13(2)19-24-18-11-6-14(22)12-17(18)20(27)26(19)4/h6-13H,5H2,1-4H3,(H,23,28). The van der Waals surface area contributed by atoms with Gasteiger partial charge in [-0.05, 0) is 56.3 Å². The first-order valence-corrected chi connectivity index (χ1v) is 9.62.